The third-order valence-electron chi connectivity index (χ3n) is 6.43. The highest BCUT2D eigenvalue weighted by atomic mass is 16.6. The molecule has 7 heteroatoms. The maximum absolute atomic E-state index is 12.3. The van der Waals surface area contributed by atoms with Crippen LogP contribution in [-0.2, 0) is 23.7 Å². The summed E-state index contributed by atoms with van der Waals surface area (Å²) >= 11 is 0. The predicted octanol–water partition coefficient (Wildman–Crippen LogP) is 1.90. The molecule has 2 N–H and O–H groups in total. The zero-order chi connectivity index (χ0) is 21.4. The number of hydrogen-bond donors (Lipinski definition) is 2. The van der Waals surface area contributed by atoms with E-state index in [1.807, 2.05) is 0 Å². The van der Waals surface area contributed by atoms with Crippen LogP contribution in [-0.4, -0.2) is 71.6 Å². The molecule has 0 bridgehead atoms. The van der Waals surface area contributed by atoms with Gasteiger partial charge in [0.25, 0.3) is 0 Å². The second kappa shape index (κ2) is 8.47. The van der Waals surface area contributed by atoms with Crippen LogP contribution in [0.25, 0.3) is 0 Å². The van der Waals surface area contributed by atoms with Crippen LogP contribution in [0.1, 0.15) is 47.0 Å². The molecule has 0 amide bonds. The van der Waals surface area contributed by atoms with E-state index in [-0.39, 0.29) is 29.3 Å². The molecule has 2 heterocycles. The molecule has 8 atom stereocenters. The van der Waals surface area contributed by atoms with Crippen molar-refractivity contribution in [2.75, 3.05) is 13.7 Å². The first-order valence-electron chi connectivity index (χ1n) is 10.4. The van der Waals surface area contributed by atoms with Gasteiger partial charge in [-0.25, -0.2) is 4.79 Å². The monoisotopic (exact) mass is 410 g/mol. The number of carbonyl (C=O) groups is 1. The summed E-state index contributed by atoms with van der Waals surface area (Å²) in [5, 5.41) is 19.0. The van der Waals surface area contributed by atoms with Crippen molar-refractivity contribution in [3.63, 3.8) is 0 Å². The van der Waals surface area contributed by atoms with E-state index in [9.17, 15) is 15.0 Å². The van der Waals surface area contributed by atoms with Gasteiger partial charge in [0.05, 0.1) is 30.8 Å². The summed E-state index contributed by atoms with van der Waals surface area (Å²) in [5.74, 6) is -0.597. The largest absolute Gasteiger partial charge is 0.456 e. The second-order valence-electron chi connectivity index (χ2n) is 8.94. The fourth-order valence-corrected chi connectivity index (χ4v) is 4.60. The lowest BCUT2D eigenvalue weighted by Crippen LogP contribution is -2.55. The molecule has 2 aliphatic heterocycles. The first-order valence-corrected chi connectivity index (χ1v) is 10.4. The number of carbonyl (C=O) groups excluding carboxylic acids is 1. The number of ether oxygens (including phenoxy) is 4. The van der Waals surface area contributed by atoms with Crippen LogP contribution < -0.4 is 0 Å². The summed E-state index contributed by atoms with van der Waals surface area (Å²) in [6.45, 7) is 8.36. The predicted molar refractivity (Wildman–Crippen MR) is 106 cm³/mol. The Morgan fingerprint density at radius 3 is 2.59 bits per heavy atom. The van der Waals surface area contributed by atoms with Crippen LogP contribution in [0.2, 0.25) is 0 Å². The topological polar surface area (TPSA) is 101 Å². The molecule has 0 aromatic rings. The summed E-state index contributed by atoms with van der Waals surface area (Å²) in [5.41, 5.74) is 0.605. The van der Waals surface area contributed by atoms with E-state index in [4.69, 9.17) is 18.9 Å². The molecule has 1 spiro atoms. The van der Waals surface area contributed by atoms with Crippen LogP contribution in [0.5, 0.6) is 0 Å². The van der Waals surface area contributed by atoms with Gasteiger partial charge in [-0.05, 0) is 53.0 Å². The molecule has 3 aliphatic rings. The lowest BCUT2D eigenvalue weighted by Gasteiger charge is -2.42. The number of rotatable bonds is 8. The number of epoxide rings is 2. The first kappa shape index (κ1) is 22.4. The Morgan fingerprint density at radius 1 is 1.34 bits per heavy atom. The van der Waals surface area contributed by atoms with Crippen LogP contribution in [0.4, 0.5) is 0 Å². The number of methoxy groups -OCH3 is 1. The van der Waals surface area contributed by atoms with Crippen molar-refractivity contribution in [3.8, 4) is 0 Å². The molecular formula is C22H34O7. The van der Waals surface area contributed by atoms with Gasteiger partial charge in [-0.3, -0.25) is 0 Å². The van der Waals surface area contributed by atoms with Gasteiger partial charge in [-0.15, -0.1) is 0 Å². The number of aliphatic hydroxyl groups is 2. The Morgan fingerprint density at radius 2 is 2.03 bits per heavy atom. The summed E-state index contributed by atoms with van der Waals surface area (Å²) in [7, 11) is 1.63. The van der Waals surface area contributed by atoms with Crippen LogP contribution in [0, 0.1) is 5.92 Å². The second-order valence-corrected chi connectivity index (χ2v) is 8.94. The molecule has 0 radical (unpaired) electrons. The SMILES string of the molecule is CO[C@H]1[C@H](OC(=O)/C=C/[C@@H](O)[C@H](C)O)CC[C@@]2(CO2)[C@H]1[C@@]1(C)O[C@@H]1CC=C(C)C. The highest BCUT2D eigenvalue weighted by Crippen LogP contribution is 2.59. The molecule has 0 aromatic heterocycles. The van der Waals surface area contributed by atoms with E-state index in [1.165, 1.54) is 18.6 Å². The number of aliphatic hydroxyl groups excluding tert-OH is 2. The highest BCUT2D eigenvalue weighted by Gasteiger charge is 2.72. The summed E-state index contributed by atoms with van der Waals surface area (Å²) in [6.07, 6.45) is 4.09. The van der Waals surface area contributed by atoms with Crippen molar-refractivity contribution in [2.24, 2.45) is 5.92 Å². The van der Waals surface area contributed by atoms with Gasteiger partial charge in [-0.2, -0.15) is 0 Å². The Hall–Kier alpha value is -1.25. The molecule has 3 fully saturated rings. The first-order chi connectivity index (χ1) is 13.6. The van der Waals surface area contributed by atoms with E-state index < -0.39 is 24.3 Å². The maximum Gasteiger partial charge on any atom is 0.330 e. The lowest BCUT2D eigenvalue weighted by atomic mass is 9.68. The lowest BCUT2D eigenvalue weighted by molar-refractivity contribution is -0.166. The highest BCUT2D eigenvalue weighted by molar-refractivity contribution is 5.82. The molecule has 29 heavy (non-hydrogen) atoms. The van der Waals surface area contributed by atoms with E-state index >= 15 is 0 Å². The van der Waals surface area contributed by atoms with Crippen LogP contribution in [0.15, 0.2) is 23.8 Å². The fraction of sp³-hybridized carbons (Fsp3) is 0.773. The van der Waals surface area contributed by atoms with Crippen molar-refractivity contribution in [1.29, 1.82) is 0 Å². The zero-order valence-electron chi connectivity index (χ0n) is 18.0. The van der Waals surface area contributed by atoms with E-state index in [0.29, 0.717) is 13.0 Å². The molecule has 0 aromatic carbocycles. The van der Waals surface area contributed by atoms with E-state index in [0.717, 1.165) is 18.9 Å². The summed E-state index contributed by atoms with van der Waals surface area (Å²) < 4.78 is 23.5. The normalized spacial score (nSPS) is 40.5. The third-order valence-corrected chi connectivity index (χ3v) is 6.43. The molecule has 1 saturated carbocycles. The molecule has 164 valence electrons. The van der Waals surface area contributed by atoms with Crippen molar-refractivity contribution in [3.05, 3.63) is 23.8 Å². The average Bonchev–Trinajstić information content (AvgIpc) is 3.57. The van der Waals surface area contributed by atoms with Gasteiger partial charge in [-0.1, -0.05) is 11.6 Å². The van der Waals surface area contributed by atoms with Crippen LogP contribution in [0.3, 0.4) is 0 Å². The summed E-state index contributed by atoms with van der Waals surface area (Å²) in [4.78, 5) is 12.3. The Bertz CT molecular complexity index is 662. The number of hydrogen-bond acceptors (Lipinski definition) is 7. The van der Waals surface area contributed by atoms with Crippen molar-refractivity contribution in [2.45, 2.75) is 88.7 Å². The standard InChI is InChI=1S/C22H34O7/c1-13(2)6-8-17-21(4,29-17)20-19(26-5)16(10-11-22(20)12-27-22)28-18(25)9-7-15(24)14(3)23/h6-7,9,14-17,19-20,23-24H,8,10-12H2,1-5H3/b9-7+/t14-,15+,16+,17+,19-,20+,21-,22+/m0/s1. The molecule has 0 unspecified atom stereocenters. The molecular weight excluding hydrogens is 376 g/mol. The Labute approximate surface area is 172 Å². The minimum Gasteiger partial charge on any atom is -0.456 e. The maximum atomic E-state index is 12.3. The van der Waals surface area contributed by atoms with Crippen molar-refractivity contribution >= 4 is 5.97 Å². The van der Waals surface area contributed by atoms with Gasteiger partial charge in [0.1, 0.15) is 23.4 Å². The third kappa shape index (κ3) is 4.75. The molecule has 1 aliphatic carbocycles. The quantitative estimate of drug-likeness (QED) is 0.273. The minimum absolute atomic E-state index is 0.0332. The van der Waals surface area contributed by atoms with Crippen molar-refractivity contribution in [1.82, 2.24) is 0 Å². The molecule has 7 nitrogen and oxygen atoms in total. The average molecular weight is 411 g/mol. The van der Waals surface area contributed by atoms with Gasteiger partial charge < -0.3 is 29.2 Å². The van der Waals surface area contributed by atoms with E-state index in [1.54, 1.807) is 7.11 Å². The Balaban J connectivity index is 1.70. The van der Waals surface area contributed by atoms with Gasteiger partial charge in [0.15, 0.2) is 0 Å². The molecule has 2 saturated heterocycles. The summed E-state index contributed by atoms with van der Waals surface area (Å²) in [6, 6.07) is 0. The van der Waals surface area contributed by atoms with Gasteiger partial charge in [0.2, 0.25) is 0 Å². The minimum atomic E-state index is -1.11. The van der Waals surface area contributed by atoms with Gasteiger partial charge in [0, 0.05) is 13.2 Å². The smallest absolute Gasteiger partial charge is 0.330 e. The fourth-order valence-electron chi connectivity index (χ4n) is 4.60. The van der Waals surface area contributed by atoms with Crippen molar-refractivity contribution < 1.29 is 34.0 Å². The number of allylic oxidation sites excluding steroid dienone is 1. The van der Waals surface area contributed by atoms with E-state index in [2.05, 4.69) is 26.8 Å². The van der Waals surface area contributed by atoms with Crippen LogP contribution >= 0.6 is 0 Å². The molecule has 3 rings (SSSR count). The number of esters is 1. The Kier molecular flexibility index (Phi) is 6.56. The zero-order valence-corrected chi connectivity index (χ0v) is 18.0. The van der Waals surface area contributed by atoms with Gasteiger partial charge >= 0.3 is 5.97 Å².